The van der Waals surface area contributed by atoms with Gasteiger partial charge in [0, 0.05) is 23.8 Å². The highest BCUT2D eigenvalue weighted by molar-refractivity contribution is 7.90. The standard InChI is InChI=1S/C32H36BClFN9O5S/c1-30(2,50(46)41-14-19-13-38-23-10-9-18(17-44(19)23)33-48-31(3,4)32(5,6)49-33)12-20-15-40-29(47-20)24-26(34)42-25(27(36)43-24)28(45)39-16-22-21(35)8-7-11-37-22/h7-11,13,15,17,41H,12,14,16H2,1-6H3,(H2,36,43)(H,39,45)/t50-/m1/s1. The molecule has 1 aliphatic rings. The highest BCUT2D eigenvalue weighted by Crippen LogP contribution is 2.36. The number of amides is 1. The molecule has 6 rings (SSSR count). The van der Waals surface area contributed by atoms with Crippen LogP contribution in [-0.4, -0.2) is 62.8 Å². The number of imidazole rings is 1. The summed E-state index contributed by atoms with van der Waals surface area (Å²) in [6.45, 7) is 11.8. The van der Waals surface area contributed by atoms with Gasteiger partial charge in [0.1, 0.15) is 22.0 Å². The number of pyridine rings is 2. The fraction of sp³-hybridized carbons (Fsp3) is 0.375. The van der Waals surface area contributed by atoms with Crippen molar-refractivity contribution in [2.24, 2.45) is 0 Å². The van der Waals surface area contributed by atoms with Crippen LogP contribution in [0.4, 0.5) is 10.2 Å². The normalized spacial score (nSPS) is 16.2. The number of nitrogen functional groups attached to an aromatic ring is 1. The summed E-state index contributed by atoms with van der Waals surface area (Å²) in [6.07, 6.45) is 6.78. The third-order valence-electron chi connectivity index (χ3n) is 8.72. The first kappa shape index (κ1) is 35.7. The lowest BCUT2D eigenvalue weighted by atomic mass is 9.80. The molecule has 18 heteroatoms. The van der Waals surface area contributed by atoms with Crippen molar-refractivity contribution < 1.29 is 27.5 Å². The average molecular weight is 724 g/mol. The lowest BCUT2D eigenvalue weighted by Gasteiger charge is -2.32. The van der Waals surface area contributed by atoms with Crippen LogP contribution >= 0.6 is 11.6 Å². The van der Waals surface area contributed by atoms with E-state index >= 15 is 0 Å². The molecule has 1 amide bonds. The second kappa shape index (κ2) is 13.5. The number of carbonyl (C=O) groups is 1. The largest absolute Gasteiger partial charge is 0.598 e. The number of rotatable bonds is 11. The van der Waals surface area contributed by atoms with E-state index < -0.39 is 46.2 Å². The van der Waals surface area contributed by atoms with Gasteiger partial charge >= 0.3 is 7.12 Å². The Hall–Kier alpha value is -4.13. The molecule has 5 aromatic rings. The summed E-state index contributed by atoms with van der Waals surface area (Å²) < 4.78 is 50.0. The van der Waals surface area contributed by atoms with E-state index in [9.17, 15) is 13.7 Å². The predicted octanol–water partition coefficient (Wildman–Crippen LogP) is 3.55. The van der Waals surface area contributed by atoms with Crippen LogP contribution in [0.2, 0.25) is 5.15 Å². The molecule has 14 nitrogen and oxygen atoms in total. The topological polar surface area (TPSA) is 191 Å². The van der Waals surface area contributed by atoms with E-state index in [0.29, 0.717) is 5.76 Å². The molecular weight excluding hydrogens is 688 g/mol. The van der Waals surface area contributed by atoms with Gasteiger partial charge in [-0.2, -0.15) is 0 Å². The molecule has 1 fully saturated rings. The van der Waals surface area contributed by atoms with Gasteiger partial charge in [-0.05, 0) is 65.2 Å². The van der Waals surface area contributed by atoms with Crippen molar-refractivity contribution in [1.29, 1.82) is 0 Å². The van der Waals surface area contributed by atoms with Crippen molar-refractivity contribution in [1.82, 2.24) is 39.4 Å². The monoisotopic (exact) mass is 723 g/mol. The van der Waals surface area contributed by atoms with Gasteiger partial charge in [0.05, 0.1) is 54.5 Å². The molecule has 262 valence electrons. The molecule has 1 saturated heterocycles. The number of nitrogens with two attached hydrogens (primary N) is 1. The second-order valence-electron chi connectivity index (χ2n) is 13.4. The Bertz CT molecular complexity index is 2040. The number of aromatic nitrogens is 6. The van der Waals surface area contributed by atoms with Crippen molar-refractivity contribution >= 4 is 52.9 Å². The second-order valence-corrected chi connectivity index (χ2v) is 15.7. The Morgan fingerprint density at radius 1 is 1.10 bits per heavy atom. The minimum Gasteiger partial charge on any atom is -0.598 e. The molecule has 5 aromatic heterocycles. The molecule has 1 atom stereocenters. The van der Waals surface area contributed by atoms with E-state index in [4.69, 9.17) is 31.1 Å². The number of nitrogens with one attached hydrogen (secondary N) is 2. The number of anilines is 1. The summed E-state index contributed by atoms with van der Waals surface area (Å²) in [4.78, 5) is 33.6. The first-order valence-electron chi connectivity index (χ1n) is 15.7. The van der Waals surface area contributed by atoms with Crippen LogP contribution in [0.3, 0.4) is 0 Å². The average Bonchev–Trinajstić information content (AvgIpc) is 3.74. The molecule has 0 aliphatic carbocycles. The Balaban J connectivity index is 1.09. The summed E-state index contributed by atoms with van der Waals surface area (Å²) in [5.74, 6) is -1.08. The number of carbonyl (C=O) groups excluding carboxylic acids is 1. The highest BCUT2D eigenvalue weighted by Gasteiger charge is 2.51. The third kappa shape index (κ3) is 7.20. The molecule has 4 N–H and O–H groups in total. The van der Waals surface area contributed by atoms with E-state index in [0.717, 1.165) is 16.8 Å². The smallest absolute Gasteiger partial charge is 0.496 e. The van der Waals surface area contributed by atoms with Crippen LogP contribution in [0, 0.1) is 5.82 Å². The Morgan fingerprint density at radius 3 is 2.56 bits per heavy atom. The zero-order valence-corrected chi connectivity index (χ0v) is 29.9. The van der Waals surface area contributed by atoms with E-state index in [1.165, 1.54) is 24.5 Å². The van der Waals surface area contributed by atoms with E-state index in [-0.39, 0.29) is 53.5 Å². The Kier molecular flexibility index (Phi) is 9.67. The van der Waals surface area contributed by atoms with Gasteiger partial charge < -0.3 is 33.7 Å². The van der Waals surface area contributed by atoms with Gasteiger partial charge in [-0.15, -0.1) is 4.72 Å². The van der Waals surface area contributed by atoms with Crippen molar-refractivity contribution in [2.75, 3.05) is 5.73 Å². The SMILES string of the molecule is CC(C)(Cc1cnc(-c2nc(N)c(C(=O)NCc3ncccc3F)nc2Cl)o1)[S@@+]([O-])NCc1cnc2ccc(B3OC(C)(C)C(C)(C)O3)cn12. The van der Waals surface area contributed by atoms with Crippen LogP contribution < -0.4 is 21.2 Å². The summed E-state index contributed by atoms with van der Waals surface area (Å²) in [7, 11) is -0.531. The summed E-state index contributed by atoms with van der Waals surface area (Å²) in [5.41, 5.74) is 7.28. The quantitative estimate of drug-likeness (QED) is 0.133. The molecule has 6 heterocycles. The molecule has 0 bridgehead atoms. The Morgan fingerprint density at radius 2 is 1.84 bits per heavy atom. The maximum atomic E-state index is 13.9. The molecule has 0 spiro atoms. The van der Waals surface area contributed by atoms with E-state index in [1.807, 2.05) is 64.3 Å². The zero-order chi connectivity index (χ0) is 36.0. The number of halogens is 2. The Labute approximate surface area is 296 Å². The fourth-order valence-electron chi connectivity index (χ4n) is 5.14. The number of hydrogen-bond acceptors (Lipinski definition) is 12. The molecular formula is C32H36BClFN9O5S. The lowest BCUT2D eigenvalue weighted by molar-refractivity contribution is 0.00578. The number of nitrogens with zero attached hydrogens (tertiary/aromatic N) is 6. The van der Waals surface area contributed by atoms with Gasteiger partial charge in [-0.25, -0.2) is 24.3 Å². The fourth-order valence-corrected chi connectivity index (χ4v) is 6.29. The van der Waals surface area contributed by atoms with Crippen LogP contribution in [0.1, 0.15) is 69.2 Å². The minimum atomic E-state index is -1.53. The summed E-state index contributed by atoms with van der Waals surface area (Å²) >= 11 is 4.83. The van der Waals surface area contributed by atoms with Gasteiger partial charge in [0.15, 0.2) is 22.4 Å². The maximum absolute atomic E-state index is 13.9. The molecule has 50 heavy (non-hydrogen) atoms. The van der Waals surface area contributed by atoms with Crippen molar-refractivity contribution in [2.45, 2.75) is 77.0 Å². The van der Waals surface area contributed by atoms with Gasteiger partial charge in [-0.3, -0.25) is 9.78 Å². The number of hydrogen-bond donors (Lipinski definition) is 3. The van der Waals surface area contributed by atoms with Crippen LogP contribution in [0.15, 0.2) is 53.5 Å². The van der Waals surface area contributed by atoms with Crippen molar-refractivity contribution in [3.63, 3.8) is 0 Å². The molecule has 0 unspecified atom stereocenters. The predicted molar refractivity (Wildman–Crippen MR) is 186 cm³/mol. The van der Waals surface area contributed by atoms with Crippen LogP contribution in [0.25, 0.3) is 17.2 Å². The molecule has 0 aromatic carbocycles. The number of fused-ring (bicyclic) bond motifs is 1. The van der Waals surface area contributed by atoms with Crippen LogP contribution in [0.5, 0.6) is 0 Å². The molecule has 0 radical (unpaired) electrons. The first-order valence-corrected chi connectivity index (χ1v) is 17.2. The highest BCUT2D eigenvalue weighted by atomic mass is 35.5. The number of oxazole rings is 1. The van der Waals surface area contributed by atoms with E-state index in [2.05, 4.69) is 35.0 Å². The van der Waals surface area contributed by atoms with Crippen LogP contribution in [-0.2, 0) is 40.2 Å². The van der Waals surface area contributed by atoms with Gasteiger partial charge in [-0.1, -0.05) is 17.7 Å². The minimum absolute atomic E-state index is 0.0183. The third-order valence-corrected chi connectivity index (χ3v) is 10.5. The van der Waals surface area contributed by atoms with E-state index in [1.54, 1.807) is 6.20 Å². The molecule has 1 aliphatic heterocycles. The lowest BCUT2D eigenvalue weighted by Crippen LogP contribution is -2.43. The first-order chi connectivity index (χ1) is 23.5. The van der Waals surface area contributed by atoms with Crippen molar-refractivity contribution in [3.05, 3.63) is 82.9 Å². The zero-order valence-electron chi connectivity index (χ0n) is 28.3. The molecule has 0 saturated carbocycles. The maximum Gasteiger partial charge on any atom is 0.496 e. The van der Waals surface area contributed by atoms with Gasteiger partial charge in [0.25, 0.3) is 5.91 Å². The van der Waals surface area contributed by atoms with Gasteiger partial charge in [0.2, 0.25) is 5.89 Å². The van der Waals surface area contributed by atoms with Crippen molar-refractivity contribution in [3.8, 4) is 11.6 Å². The summed E-state index contributed by atoms with van der Waals surface area (Å²) in [5, 5.41) is 2.32. The summed E-state index contributed by atoms with van der Waals surface area (Å²) in [6, 6.07) is 6.50.